The predicted molar refractivity (Wildman–Crippen MR) is 110 cm³/mol. The normalized spacial score (nSPS) is 14.1. The summed E-state index contributed by atoms with van der Waals surface area (Å²) in [7, 11) is 0. The summed E-state index contributed by atoms with van der Waals surface area (Å²) < 4.78 is 41.4. The van der Waals surface area contributed by atoms with Crippen LogP contribution in [0.15, 0.2) is 36.4 Å². The topological polar surface area (TPSA) is 55.1 Å². The molecule has 0 aliphatic carbocycles. The third-order valence-electron chi connectivity index (χ3n) is 5.43. The SMILES string of the molecule is CCc1nc2cc(C(F)(F)F)c(Cl)cc2n1-c1ccc(CC(C)C(C)C(=O)O)cc1. The highest BCUT2D eigenvalue weighted by Gasteiger charge is 2.34. The lowest BCUT2D eigenvalue weighted by atomic mass is 9.90. The standard InChI is InChI=1S/C22H22ClF3N2O2/c1-4-20-27-18-10-16(22(24,25)26)17(23)11-19(18)28(20)15-7-5-14(6-8-15)9-12(2)13(3)21(29)30/h5-8,10-13H,4,9H2,1-3H3,(H,29,30). The number of aryl methyl sites for hydroxylation is 1. The van der Waals surface area contributed by atoms with Gasteiger partial charge >= 0.3 is 12.1 Å². The number of benzene rings is 2. The Hall–Kier alpha value is -2.54. The average Bonchev–Trinajstić information content (AvgIpc) is 3.03. The van der Waals surface area contributed by atoms with Crippen LogP contribution in [-0.2, 0) is 23.8 Å². The number of halogens is 4. The number of aromatic nitrogens is 2. The van der Waals surface area contributed by atoms with Crippen molar-refractivity contribution in [1.82, 2.24) is 9.55 Å². The van der Waals surface area contributed by atoms with E-state index in [0.717, 1.165) is 17.3 Å². The Labute approximate surface area is 177 Å². The van der Waals surface area contributed by atoms with Crippen LogP contribution in [0.5, 0.6) is 0 Å². The molecule has 3 aromatic rings. The first-order valence-corrected chi connectivity index (χ1v) is 10.0. The molecule has 2 aromatic carbocycles. The first-order chi connectivity index (χ1) is 14.0. The van der Waals surface area contributed by atoms with Crippen molar-refractivity contribution < 1.29 is 23.1 Å². The van der Waals surface area contributed by atoms with Crippen LogP contribution in [-0.4, -0.2) is 20.6 Å². The second kappa shape index (κ2) is 8.30. The number of nitrogens with zero attached hydrogens (tertiary/aromatic N) is 2. The van der Waals surface area contributed by atoms with E-state index in [1.165, 1.54) is 6.07 Å². The molecule has 0 aliphatic rings. The predicted octanol–water partition coefficient (Wildman–Crippen LogP) is 6.16. The van der Waals surface area contributed by atoms with Gasteiger partial charge in [-0.3, -0.25) is 9.36 Å². The summed E-state index contributed by atoms with van der Waals surface area (Å²) >= 11 is 5.93. The number of rotatable bonds is 6. The van der Waals surface area contributed by atoms with Crippen molar-refractivity contribution in [2.45, 2.75) is 39.8 Å². The summed E-state index contributed by atoms with van der Waals surface area (Å²) in [6.07, 6.45) is -3.41. The lowest BCUT2D eigenvalue weighted by Gasteiger charge is -2.16. The second-order valence-electron chi connectivity index (χ2n) is 7.51. The van der Waals surface area contributed by atoms with E-state index in [4.69, 9.17) is 16.7 Å². The molecule has 8 heteroatoms. The molecule has 0 saturated carbocycles. The van der Waals surface area contributed by atoms with Crippen molar-refractivity contribution in [3.63, 3.8) is 0 Å². The van der Waals surface area contributed by atoms with Crippen molar-refractivity contribution in [3.8, 4) is 5.69 Å². The van der Waals surface area contributed by atoms with Crippen LogP contribution in [0.4, 0.5) is 13.2 Å². The van der Waals surface area contributed by atoms with Crippen molar-refractivity contribution in [2.24, 2.45) is 11.8 Å². The van der Waals surface area contributed by atoms with Crippen molar-refractivity contribution >= 4 is 28.6 Å². The minimum atomic E-state index is -4.55. The molecule has 0 bridgehead atoms. The lowest BCUT2D eigenvalue weighted by molar-refractivity contribution is -0.142. The molecule has 30 heavy (non-hydrogen) atoms. The van der Waals surface area contributed by atoms with E-state index < -0.39 is 23.6 Å². The number of alkyl halides is 3. The first kappa shape index (κ1) is 22.2. The number of imidazole rings is 1. The zero-order valence-corrected chi connectivity index (χ0v) is 17.6. The minimum Gasteiger partial charge on any atom is -0.481 e. The highest BCUT2D eigenvalue weighted by atomic mass is 35.5. The van der Waals surface area contributed by atoms with E-state index in [-0.39, 0.29) is 16.5 Å². The molecule has 2 unspecified atom stereocenters. The van der Waals surface area contributed by atoms with Gasteiger partial charge in [-0.25, -0.2) is 4.98 Å². The summed E-state index contributed by atoms with van der Waals surface area (Å²) in [5.41, 5.74) is 1.58. The Balaban J connectivity index is 2.00. The Morgan fingerprint density at radius 2 is 1.83 bits per heavy atom. The van der Waals surface area contributed by atoms with Gasteiger partial charge < -0.3 is 5.11 Å². The summed E-state index contributed by atoms with van der Waals surface area (Å²) in [5, 5.41) is 8.79. The highest BCUT2D eigenvalue weighted by Crippen LogP contribution is 2.37. The van der Waals surface area contributed by atoms with Gasteiger partial charge in [0, 0.05) is 12.1 Å². The molecule has 0 spiro atoms. The fraction of sp³-hybridized carbons (Fsp3) is 0.364. The summed E-state index contributed by atoms with van der Waals surface area (Å²) in [6.45, 7) is 5.46. The summed E-state index contributed by atoms with van der Waals surface area (Å²) in [6, 6.07) is 9.81. The van der Waals surface area contributed by atoms with Crippen LogP contribution < -0.4 is 0 Å². The van der Waals surface area contributed by atoms with Crippen LogP contribution in [0.3, 0.4) is 0 Å². The smallest absolute Gasteiger partial charge is 0.417 e. The van der Waals surface area contributed by atoms with Gasteiger partial charge in [0.05, 0.1) is 27.5 Å². The zero-order chi connectivity index (χ0) is 22.2. The number of hydrogen-bond acceptors (Lipinski definition) is 2. The van der Waals surface area contributed by atoms with Gasteiger partial charge in [0.2, 0.25) is 0 Å². The van der Waals surface area contributed by atoms with Crippen molar-refractivity contribution in [2.75, 3.05) is 0 Å². The van der Waals surface area contributed by atoms with E-state index in [2.05, 4.69) is 4.98 Å². The third kappa shape index (κ3) is 4.31. The number of hydrogen-bond donors (Lipinski definition) is 1. The van der Waals surface area contributed by atoms with E-state index >= 15 is 0 Å². The van der Waals surface area contributed by atoms with Gasteiger partial charge in [0.15, 0.2) is 0 Å². The van der Waals surface area contributed by atoms with Crippen LogP contribution in [0.25, 0.3) is 16.7 Å². The largest absolute Gasteiger partial charge is 0.481 e. The second-order valence-corrected chi connectivity index (χ2v) is 7.92. The molecule has 0 radical (unpaired) electrons. The highest BCUT2D eigenvalue weighted by molar-refractivity contribution is 6.32. The summed E-state index contributed by atoms with van der Waals surface area (Å²) in [4.78, 5) is 15.5. The Morgan fingerprint density at radius 1 is 1.20 bits per heavy atom. The quantitative estimate of drug-likeness (QED) is 0.501. The summed E-state index contributed by atoms with van der Waals surface area (Å²) in [5.74, 6) is -0.695. The maximum absolute atomic E-state index is 13.2. The van der Waals surface area contributed by atoms with Gasteiger partial charge in [-0.05, 0) is 42.2 Å². The van der Waals surface area contributed by atoms with Crippen LogP contribution >= 0.6 is 11.6 Å². The minimum absolute atomic E-state index is 0.0341. The Bertz CT molecular complexity index is 1070. The number of carboxylic acids is 1. The molecule has 1 heterocycles. The molecule has 1 aromatic heterocycles. The molecular formula is C22H22ClF3N2O2. The molecule has 2 atom stereocenters. The maximum Gasteiger partial charge on any atom is 0.417 e. The fourth-order valence-corrected chi connectivity index (χ4v) is 3.73. The fourth-order valence-electron chi connectivity index (χ4n) is 3.46. The lowest BCUT2D eigenvalue weighted by Crippen LogP contribution is -2.19. The molecule has 0 amide bonds. The van der Waals surface area contributed by atoms with Crippen LogP contribution in [0.2, 0.25) is 5.02 Å². The van der Waals surface area contributed by atoms with Gasteiger partial charge in [0.25, 0.3) is 0 Å². The van der Waals surface area contributed by atoms with Crippen molar-refractivity contribution in [3.05, 3.63) is 58.4 Å². The molecule has 0 fully saturated rings. The number of fused-ring (bicyclic) bond motifs is 1. The number of carboxylic acid groups (broad SMARTS) is 1. The molecule has 3 rings (SSSR count). The first-order valence-electron chi connectivity index (χ1n) is 9.63. The van der Waals surface area contributed by atoms with Gasteiger partial charge in [-0.1, -0.05) is 44.5 Å². The Kier molecular flexibility index (Phi) is 6.13. The van der Waals surface area contributed by atoms with E-state index in [1.54, 1.807) is 11.5 Å². The number of carbonyl (C=O) groups is 1. The van der Waals surface area contributed by atoms with Crippen molar-refractivity contribution in [1.29, 1.82) is 0 Å². The van der Waals surface area contributed by atoms with E-state index in [0.29, 0.717) is 24.2 Å². The monoisotopic (exact) mass is 438 g/mol. The van der Waals surface area contributed by atoms with Crippen LogP contribution in [0, 0.1) is 11.8 Å². The van der Waals surface area contributed by atoms with Gasteiger partial charge in [-0.15, -0.1) is 0 Å². The molecule has 1 N–H and O–H groups in total. The molecule has 0 saturated heterocycles. The average molecular weight is 439 g/mol. The van der Waals surface area contributed by atoms with Gasteiger partial charge in [0.1, 0.15) is 5.82 Å². The van der Waals surface area contributed by atoms with Crippen LogP contribution in [0.1, 0.15) is 37.7 Å². The third-order valence-corrected chi connectivity index (χ3v) is 5.74. The molecule has 4 nitrogen and oxygen atoms in total. The zero-order valence-electron chi connectivity index (χ0n) is 16.8. The molecular weight excluding hydrogens is 417 g/mol. The molecule has 160 valence electrons. The molecule has 0 aliphatic heterocycles. The van der Waals surface area contributed by atoms with Gasteiger partial charge in [-0.2, -0.15) is 13.2 Å². The van der Waals surface area contributed by atoms with E-state index in [9.17, 15) is 18.0 Å². The van der Waals surface area contributed by atoms with E-state index in [1.807, 2.05) is 38.1 Å². The Morgan fingerprint density at radius 3 is 2.37 bits per heavy atom. The maximum atomic E-state index is 13.2. The number of aliphatic carboxylic acids is 1.